The van der Waals surface area contributed by atoms with Gasteiger partial charge in [0.2, 0.25) is 0 Å². The molecule has 21 heavy (non-hydrogen) atoms. The van der Waals surface area contributed by atoms with Crippen molar-refractivity contribution in [2.45, 2.75) is 13.3 Å². The topological polar surface area (TPSA) is 30.7 Å². The molecule has 1 aromatic carbocycles. The number of fused-ring (bicyclic) bond motifs is 1. The minimum absolute atomic E-state index is 0.522. The summed E-state index contributed by atoms with van der Waals surface area (Å²) in [5.74, 6) is 1.44. The number of hydrogen-bond donors (Lipinski definition) is 0. The molecule has 0 aliphatic rings. The zero-order valence-electron chi connectivity index (χ0n) is 11.3. The van der Waals surface area contributed by atoms with Crippen LogP contribution in [0.3, 0.4) is 0 Å². The molecule has 0 amide bonds. The highest BCUT2D eigenvalue weighted by Gasteiger charge is 2.15. The number of pyridine rings is 1. The second kappa shape index (κ2) is 6.07. The van der Waals surface area contributed by atoms with Gasteiger partial charge in [-0.15, -0.1) is 11.6 Å². The highest BCUT2D eigenvalue weighted by Crippen LogP contribution is 2.29. The third kappa shape index (κ3) is 2.87. The molecule has 3 nitrogen and oxygen atoms in total. The maximum atomic E-state index is 5.93. The molecule has 0 saturated heterocycles. The van der Waals surface area contributed by atoms with Crippen molar-refractivity contribution in [3.63, 3.8) is 0 Å². The lowest BCUT2D eigenvalue weighted by Gasteiger charge is -2.10. The first-order chi connectivity index (χ1) is 10.1. The fourth-order valence-electron chi connectivity index (χ4n) is 2.27. The molecule has 0 atom stereocenters. The maximum absolute atomic E-state index is 5.93. The van der Waals surface area contributed by atoms with E-state index in [-0.39, 0.29) is 0 Å². The zero-order chi connectivity index (χ0) is 15.0. The molecule has 0 spiro atoms. The second-order valence-electron chi connectivity index (χ2n) is 4.75. The summed E-state index contributed by atoms with van der Waals surface area (Å²) < 4.78 is 4.06. The van der Waals surface area contributed by atoms with Crippen LogP contribution in [-0.2, 0) is 6.42 Å². The Morgan fingerprint density at radius 3 is 2.81 bits per heavy atom. The van der Waals surface area contributed by atoms with Gasteiger partial charge in [-0.2, -0.15) is 0 Å². The quantitative estimate of drug-likeness (QED) is 0.547. The summed E-state index contributed by atoms with van der Waals surface area (Å²) in [6.45, 7) is 2.02. The molecule has 2 heterocycles. The van der Waals surface area contributed by atoms with E-state index in [1.807, 2.05) is 37.4 Å². The number of aryl methyl sites for hydroxylation is 2. The number of rotatable bonds is 3. The lowest BCUT2D eigenvalue weighted by atomic mass is 10.3. The highest BCUT2D eigenvalue weighted by molar-refractivity contribution is 9.11. The van der Waals surface area contributed by atoms with Gasteiger partial charge in [0.15, 0.2) is 5.65 Å². The molecule has 0 unspecified atom stereocenters. The number of benzene rings is 1. The van der Waals surface area contributed by atoms with E-state index in [4.69, 9.17) is 16.6 Å². The van der Waals surface area contributed by atoms with E-state index in [0.717, 1.165) is 37.2 Å². The monoisotopic (exact) mass is 427 g/mol. The van der Waals surface area contributed by atoms with Crippen molar-refractivity contribution < 1.29 is 0 Å². The van der Waals surface area contributed by atoms with Crippen molar-refractivity contribution in [1.82, 2.24) is 14.5 Å². The van der Waals surface area contributed by atoms with Gasteiger partial charge in [0.05, 0.1) is 5.69 Å². The predicted molar refractivity (Wildman–Crippen MR) is 93.4 cm³/mol. The van der Waals surface area contributed by atoms with Crippen LogP contribution in [0.5, 0.6) is 0 Å². The van der Waals surface area contributed by atoms with Crippen LogP contribution in [0.4, 0.5) is 0 Å². The predicted octanol–water partition coefficient (Wildman–Crippen LogP) is 5.04. The van der Waals surface area contributed by atoms with Crippen molar-refractivity contribution in [3.8, 4) is 5.69 Å². The van der Waals surface area contributed by atoms with Crippen LogP contribution in [0.15, 0.2) is 39.4 Å². The Morgan fingerprint density at radius 2 is 2.05 bits per heavy atom. The molecule has 0 N–H and O–H groups in total. The Bertz CT molecular complexity index is 814. The summed E-state index contributed by atoms with van der Waals surface area (Å²) in [5.41, 5.74) is 3.84. The Kier molecular flexibility index (Phi) is 4.33. The maximum Gasteiger partial charge on any atom is 0.164 e. The lowest BCUT2D eigenvalue weighted by molar-refractivity contribution is 0.902. The smallest absolute Gasteiger partial charge is 0.164 e. The molecule has 0 aliphatic carbocycles. The van der Waals surface area contributed by atoms with Gasteiger partial charge in [-0.25, -0.2) is 9.97 Å². The number of aromatic nitrogens is 3. The third-order valence-electron chi connectivity index (χ3n) is 3.17. The van der Waals surface area contributed by atoms with Gasteiger partial charge in [-0.05, 0) is 52.7 Å². The van der Waals surface area contributed by atoms with Gasteiger partial charge in [0.1, 0.15) is 11.3 Å². The fourth-order valence-corrected chi connectivity index (χ4v) is 3.22. The van der Waals surface area contributed by atoms with Crippen LogP contribution < -0.4 is 0 Å². The molecule has 3 rings (SSSR count). The van der Waals surface area contributed by atoms with Crippen molar-refractivity contribution in [1.29, 1.82) is 0 Å². The summed E-state index contributed by atoms with van der Waals surface area (Å²) in [6, 6.07) is 8.09. The van der Waals surface area contributed by atoms with Gasteiger partial charge in [0, 0.05) is 27.4 Å². The van der Waals surface area contributed by atoms with Crippen molar-refractivity contribution in [2.24, 2.45) is 0 Å². The minimum Gasteiger partial charge on any atom is -0.279 e. The Balaban J connectivity index is 2.33. The summed E-state index contributed by atoms with van der Waals surface area (Å²) in [7, 11) is 0. The SMILES string of the molecule is Cc1cnc2c(c1)nc(CCCl)n2-c1cc(Br)ccc1Br. The molecule has 3 aromatic rings. The highest BCUT2D eigenvalue weighted by atomic mass is 79.9. The first-order valence-electron chi connectivity index (χ1n) is 6.45. The molecule has 0 fully saturated rings. The lowest BCUT2D eigenvalue weighted by Crippen LogP contribution is -2.04. The summed E-state index contributed by atoms with van der Waals surface area (Å²) >= 11 is 13.1. The molecule has 2 aromatic heterocycles. The molecular formula is C15H12Br2ClN3. The van der Waals surface area contributed by atoms with Gasteiger partial charge in [0.25, 0.3) is 0 Å². The van der Waals surface area contributed by atoms with Gasteiger partial charge >= 0.3 is 0 Å². The fraction of sp³-hybridized carbons (Fsp3) is 0.200. The average molecular weight is 430 g/mol. The first kappa shape index (κ1) is 15.0. The largest absolute Gasteiger partial charge is 0.279 e. The van der Waals surface area contributed by atoms with Crippen molar-refractivity contribution >= 4 is 54.6 Å². The molecule has 0 radical (unpaired) electrons. The molecule has 108 valence electrons. The number of halogens is 3. The standard InChI is InChI=1S/C15H12Br2ClN3/c1-9-6-12-15(19-8-9)21(14(20-12)4-5-18)13-7-10(16)2-3-11(13)17/h2-3,6-8H,4-5H2,1H3. The van der Waals surface area contributed by atoms with Crippen LogP contribution in [0.2, 0.25) is 0 Å². The van der Waals surface area contributed by atoms with Gasteiger partial charge in [-0.1, -0.05) is 15.9 Å². The number of nitrogens with zero attached hydrogens (tertiary/aromatic N) is 3. The summed E-state index contributed by atoms with van der Waals surface area (Å²) in [4.78, 5) is 9.24. The normalized spacial score (nSPS) is 11.2. The van der Waals surface area contributed by atoms with E-state index in [0.29, 0.717) is 12.3 Å². The van der Waals surface area contributed by atoms with E-state index in [1.54, 1.807) is 0 Å². The molecular weight excluding hydrogens is 417 g/mol. The van der Waals surface area contributed by atoms with Crippen molar-refractivity contribution in [2.75, 3.05) is 5.88 Å². The van der Waals surface area contributed by atoms with Crippen LogP contribution in [0.25, 0.3) is 16.9 Å². The summed E-state index contributed by atoms with van der Waals surface area (Å²) in [6.07, 6.45) is 2.55. The Morgan fingerprint density at radius 1 is 1.24 bits per heavy atom. The third-order valence-corrected chi connectivity index (χ3v) is 4.52. The van der Waals surface area contributed by atoms with E-state index < -0.39 is 0 Å². The molecule has 0 saturated carbocycles. The van der Waals surface area contributed by atoms with Crippen LogP contribution in [0.1, 0.15) is 11.4 Å². The van der Waals surface area contributed by atoms with Gasteiger partial charge in [-0.3, -0.25) is 4.57 Å². The minimum atomic E-state index is 0.522. The number of imidazole rings is 1. The van der Waals surface area contributed by atoms with E-state index in [9.17, 15) is 0 Å². The molecule has 0 bridgehead atoms. The number of alkyl halides is 1. The van der Waals surface area contributed by atoms with E-state index in [2.05, 4.69) is 41.4 Å². The van der Waals surface area contributed by atoms with Crippen LogP contribution >= 0.6 is 43.5 Å². The van der Waals surface area contributed by atoms with Gasteiger partial charge < -0.3 is 0 Å². The van der Waals surface area contributed by atoms with E-state index >= 15 is 0 Å². The number of hydrogen-bond acceptors (Lipinski definition) is 2. The van der Waals surface area contributed by atoms with Crippen molar-refractivity contribution in [3.05, 3.63) is 50.8 Å². The van der Waals surface area contributed by atoms with Crippen LogP contribution in [0, 0.1) is 6.92 Å². The second-order valence-corrected chi connectivity index (χ2v) is 6.90. The summed E-state index contributed by atoms with van der Waals surface area (Å²) in [5, 5.41) is 0. The molecule has 0 aliphatic heterocycles. The van der Waals surface area contributed by atoms with E-state index in [1.165, 1.54) is 0 Å². The Labute approximate surface area is 144 Å². The zero-order valence-corrected chi connectivity index (χ0v) is 15.2. The first-order valence-corrected chi connectivity index (χ1v) is 8.57. The Hall–Kier alpha value is -0.910. The average Bonchev–Trinajstić information content (AvgIpc) is 2.79. The molecule has 6 heteroatoms. The van der Waals surface area contributed by atoms with Crippen LogP contribution in [-0.4, -0.2) is 20.4 Å².